The minimum Gasteiger partial charge on any atom is -0.628 e. The molecule has 6 heteroatoms. The highest BCUT2D eigenvalue weighted by atomic mass is 16.8. The Morgan fingerprint density at radius 1 is 1.73 bits per heavy atom. The Bertz CT molecular complexity index is 335. The van der Waals surface area contributed by atoms with Gasteiger partial charge in [-0.3, -0.25) is 4.68 Å². The molecule has 6 nitrogen and oxygen atoms in total. The number of nitrogens with zero attached hydrogens (tertiary/aromatic N) is 2. The number of allylic oxidation sites excluding steroid dienone is 1. The summed E-state index contributed by atoms with van der Waals surface area (Å²) >= 11 is 0. The molecule has 2 N–H and O–H groups in total. The van der Waals surface area contributed by atoms with Gasteiger partial charge in [-0.2, -0.15) is 5.10 Å². The van der Waals surface area contributed by atoms with E-state index in [0.717, 1.165) is 0 Å². The summed E-state index contributed by atoms with van der Waals surface area (Å²) in [4.78, 5) is 0. The third-order valence-electron chi connectivity index (χ3n) is 2.16. The summed E-state index contributed by atoms with van der Waals surface area (Å²) < 4.78 is 1.35. The van der Waals surface area contributed by atoms with Gasteiger partial charge in [-0.05, 0) is 12.8 Å². The van der Waals surface area contributed by atoms with Gasteiger partial charge in [0.25, 0.3) is 0 Å². The van der Waals surface area contributed by atoms with Crippen molar-refractivity contribution in [1.82, 2.24) is 9.78 Å². The second-order valence-corrected chi connectivity index (χ2v) is 3.24. The molecule has 1 rings (SSSR count). The Balaban J connectivity index is 2.90. The highest BCUT2D eigenvalue weighted by Crippen LogP contribution is 2.22. The van der Waals surface area contributed by atoms with Gasteiger partial charge in [-0.25, -0.2) is 0 Å². The topological polar surface area (TPSA) is 88.6 Å². The van der Waals surface area contributed by atoms with Gasteiger partial charge in [0.15, 0.2) is 5.69 Å². The quantitative estimate of drug-likeness (QED) is 0.528. The highest BCUT2D eigenvalue weighted by Gasteiger charge is 2.19. The largest absolute Gasteiger partial charge is 0.628 e. The van der Waals surface area contributed by atoms with Crippen LogP contribution in [0.1, 0.15) is 24.6 Å². The minimum absolute atomic E-state index is 0.0611. The molecule has 0 saturated carbocycles. The summed E-state index contributed by atoms with van der Waals surface area (Å²) in [6.07, 6.45) is 3.02. The molecule has 1 atom stereocenters. The summed E-state index contributed by atoms with van der Waals surface area (Å²) in [5, 5.41) is 33.6. The van der Waals surface area contributed by atoms with Crippen molar-refractivity contribution in [2.75, 3.05) is 0 Å². The van der Waals surface area contributed by atoms with E-state index in [9.17, 15) is 15.5 Å². The van der Waals surface area contributed by atoms with Crippen LogP contribution in [0, 0.1) is 10.4 Å². The smallest absolute Gasteiger partial charge is 0.175 e. The molecule has 0 amide bonds. The normalized spacial score (nSPS) is 13.1. The van der Waals surface area contributed by atoms with Crippen molar-refractivity contribution in [2.24, 2.45) is 7.05 Å². The van der Waals surface area contributed by atoms with Crippen LogP contribution in [0.25, 0.3) is 0 Å². The Hall–Kier alpha value is -1.21. The molecular formula is C9H14N3O3-. The first kappa shape index (κ1) is 11.9. The van der Waals surface area contributed by atoms with E-state index in [0.29, 0.717) is 12.8 Å². The maximum atomic E-state index is 10.7. The van der Waals surface area contributed by atoms with Gasteiger partial charge in [-0.15, -0.1) is 6.58 Å². The van der Waals surface area contributed by atoms with Crippen LogP contribution in [0.5, 0.6) is 0 Å². The van der Waals surface area contributed by atoms with Crippen molar-refractivity contribution in [3.05, 3.63) is 35.0 Å². The van der Waals surface area contributed by atoms with Crippen LogP contribution in [0.4, 0.5) is 5.69 Å². The molecule has 1 heterocycles. The molecule has 0 unspecified atom stereocenters. The second-order valence-electron chi connectivity index (χ2n) is 3.24. The van der Waals surface area contributed by atoms with Gasteiger partial charge in [0.1, 0.15) is 18.0 Å². The van der Waals surface area contributed by atoms with E-state index >= 15 is 0 Å². The summed E-state index contributed by atoms with van der Waals surface area (Å²) in [5.74, 6) is 0. The lowest BCUT2D eigenvalue weighted by molar-refractivity contribution is -0.715. The monoisotopic (exact) mass is 212 g/mol. The zero-order valence-electron chi connectivity index (χ0n) is 8.51. The van der Waals surface area contributed by atoms with Crippen LogP contribution in [0.3, 0.4) is 0 Å². The van der Waals surface area contributed by atoms with Crippen LogP contribution in [-0.2, 0) is 7.05 Å². The lowest BCUT2D eigenvalue weighted by Gasteiger charge is -2.25. The third kappa shape index (κ3) is 2.63. The molecule has 0 radical (unpaired) electrons. The van der Waals surface area contributed by atoms with Crippen LogP contribution >= 0.6 is 0 Å². The first-order chi connectivity index (χ1) is 7.07. The Morgan fingerprint density at radius 3 is 2.93 bits per heavy atom. The lowest BCUT2D eigenvalue weighted by atomic mass is 10.1. The molecular weight excluding hydrogens is 198 g/mol. The van der Waals surface area contributed by atoms with Crippen molar-refractivity contribution in [3.8, 4) is 0 Å². The van der Waals surface area contributed by atoms with E-state index in [1.807, 2.05) is 0 Å². The highest BCUT2D eigenvalue weighted by molar-refractivity contribution is 5.34. The predicted octanol–water partition coefficient (Wildman–Crippen LogP) is -0.0683. The fourth-order valence-electron chi connectivity index (χ4n) is 1.41. The fraction of sp³-hybridized carbons (Fsp3) is 0.444. The van der Waals surface area contributed by atoms with E-state index in [-0.39, 0.29) is 11.4 Å². The number of nitrogens with one attached hydrogen (secondary N) is 1. The number of rotatable bonds is 5. The van der Waals surface area contributed by atoms with E-state index in [4.69, 9.17) is 0 Å². The Labute approximate surface area is 87.6 Å². The predicted molar refractivity (Wildman–Crippen MR) is 55.0 cm³/mol. The van der Waals surface area contributed by atoms with Gasteiger partial charge in [0, 0.05) is 7.05 Å². The van der Waals surface area contributed by atoms with Crippen molar-refractivity contribution in [1.29, 1.82) is 0 Å². The van der Waals surface area contributed by atoms with Gasteiger partial charge in [-0.1, -0.05) is 6.08 Å². The first-order valence-electron chi connectivity index (χ1n) is 4.60. The summed E-state index contributed by atoms with van der Waals surface area (Å²) in [6.45, 7) is 3.53. The molecule has 1 aromatic rings. The van der Waals surface area contributed by atoms with E-state index < -0.39 is 11.3 Å². The minimum atomic E-state index is -1.32. The number of aliphatic hydroxyl groups is 1. The first-order valence-corrected chi connectivity index (χ1v) is 4.60. The fourth-order valence-corrected chi connectivity index (χ4v) is 1.41. The van der Waals surface area contributed by atoms with Gasteiger partial charge in [0.2, 0.25) is 0 Å². The van der Waals surface area contributed by atoms with Crippen LogP contribution in [0.2, 0.25) is 0 Å². The van der Waals surface area contributed by atoms with Crippen molar-refractivity contribution in [3.63, 3.8) is 0 Å². The Morgan fingerprint density at radius 2 is 2.40 bits per heavy atom. The molecule has 0 fully saturated rings. The average Bonchev–Trinajstić information content (AvgIpc) is 2.56. The number of aryl methyl sites for hydroxylation is 1. The zero-order chi connectivity index (χ0) is 11.4. The molecule has 0 aliphatic heterocycles. The molecule has 0 saturated heterocycles. The third-order valence-corrected chi connectivity index (χ3v) is 2.16. The van der Waals surface area contributed by atoms with E-state index in [1.54, 1.807) is 13.1 Å². The van der Waals surface area contributed by atoms with Crippen molar-refractivity contribution < 1.29 is 10.3 Å². The molecule has 84 valence electrons. The molecule has 0 bridgehead atoms. The van der Waals surface area contributed by atoms with Crippen LogP contribution < -0.4 is 5.23 Å². The van der Waals surface area contributed by atoms with Crippen LogP contribution in [-0.4, -0.2) is 14.9 Å². The van der Waals surface area contributed by atoms with Crippen molar-refractivity contribution >= 4 is 5.69 Å². The molecule has 15 heavy (non-hydrogen) atoms. The van der Waals surface area contributed by atoms with Crippen LogP contribution in [0.15, 0.2) is 18.9 Å². The summed E-state index contributed by atoms with van der Waals surface area (Å²) in [6, 6.07) is 0. The SMILES string of the molecule is C=CCC[C@H](O)c1c([NH+]([O-])[O-])cnn1C. The number of quaternary nitrogens is 1. The van der Waals surface area contributed by atoms with Gasteiger partial charge < -0.3 is 20.7 Å². The molecule has 0 spiro atoms. The standard InChI is InChI=1S/C9H14N3O3/c1-3-4-5-8(13)9-7(12(14)15)6-10-11(9)2/h3,6,8,12-13H,1,4-5H2,2H3/q-1/t8-/m0/s1. The maximum Gasteiger partial charge on any atom is 0.175 e. The van der Waals surface area contributed by atoms with E-state index in [1.165, 1.54) is 10.9 Å². The van der Waals surface area contributed by atoms with E-state index in [2.05, 4.69) is 11.7 Å². The number of aromatic nitrogens is 2. The number of aliphatic hydroxyl groups excluding tert-OH is 1. The number of hydrogen-bond acceptors (Lipinski definition) is 4. The lowest BCUT2D eigenvalue weighted by Crippen LogP contribution is -2.96. The Kier molecular flexibility index (Phi) is 3.98. The number of hydrogen-bond donors (Lipinski definition) is 2. The van der Waals surface area contributed by atoms with Gasteiger partial charge >= 0.3 is 0 Å². The average molecular weight is 212 g/mol. The molecule has 0 aliphatic rings. The molecule has 1 aromatic heterocycles. The molecule has 0 aliphatic carbocycles. The maximum absolute atomic E-state index is 10.7. The summed E-state index contributed by atoms with van der Waals surface area (Å²) in [7, 11) is 1.58. The van der Waals surface area contributed by atoms with Crippen molar-refractivity contribution in [2.45, 2.75) is 18.9 Å². The zero-order valence-corrected chi connectivity index (χ0v) is 8.51. The second kappa shape index (κ2) is 5.04. The summed E-state index contributed by atoms with van der Waals surface area (Å²) in [5.41, 5.74) is 0.214. The van der Waals surface area contributed by atoms with Gasteiger partial charge in [0.05, 0.1) is 0 Å². The molecule has 0 aromatic carbocycles.